The molecule has 1 aromatic heterocycles. The zero-order chi connectivity index (χ0) is 12.0. The molecule has 0 amide bonds. The van der Waals surface area contributed by atoms with E-state index in [1.165, 1.54) is 12.4 Å². The van der Waals surface area contributed by atoms with Gasteiger partial charge in [0, 0.05) is 0 Å². The molecule has 1 rings (SSSR count). The second-order valence-electron chi connectivity index (χ2n) is 4.31. The van der Waals surface area contributed by atoms with Gasteiger partial charge >= 0.3 is 0 Å². The fourth-order valence-corrected chi connectivity index (χ4v) is 0.993. The molecular weight excluding hydrogens is 208 g/mol. The van der Waals surface area contributed by atoms with Gasteiger partial charge in [-0.05, 0) is 20.8 Å². The van der Waals surface area contributed by atoms with Crippen LogP contribution in [0.2, 0.25) is 0 Å². The van der Waals surface area contributed by atoms with Gasteiger partial charge in [-0.25, -0.2) is 4.98 Å². The normalized spacial score (nSPS) is 11.5. The Balaban J connectivity index is 2.27. The fraction of sp³-hybridized carbons (Fsp3) is 0.636. The summed E-state index contributed by atoms with van der Waals surface area (Å²) in [5.41, 5.74) is 0.369. The third-order valence-corrected chi connectivity index (χ3v) is 1.71. The van der Waals surface area contributed by atoms with E-state index in [0.29, 0.717) is 24.8 Å². The second kappa shape index (κ2) is 5.77. The summed E-state index contributed by atoms with van der Waals surface area (Å²) in [5.74, 6) is 0.440. The molecule has 5 nitrogen and oxygen atoms in total. The quantitative estimate of drug-likeness (QED) is 0.763. The summed E-state index contributed by atoms with van der Waals surface area (Å²) in [6.45, 7) is 6.80. The minimum absolute atomic E-state index is 0.111. The highest BCUT2D eigenvalue weighted by molar-refractivity contribution is 5.06. The molecule has 1 N–H and O–H groups in total. The molecule has 0 aliphatic carbocycles. The second-order valence-corrected chi connectivity index (χ2v) is 4.31. The van der Waals surface area contributed by atoms with Crippen LogP contribution in [-0.4, -0.2) is 33.9 Å². The number of aliphatic hydroxyl groups is 1. The summed E-state index contributed by atoms with van der Waals surface area (Å²) < 4.78 is 10.8. The van der Waals surface area contributed by atoms with Crippen molar-refractivity contribution < 1.29 is 14.6 Å². The van der Waals surface area contributed by atoms with E-state index in [2.05, 4.69) is 9.97 Å². The standard InChI is InChI=1S/C11H18N2O3/c1-11(2,3)16-5-4-15-10-7-12-9(8-14)6-13-10/h6-7,14H,4-5,8H2,1-3H3. The van der Waals surface area contributed by atoms with Gasteiger partial charge in [-0.3, -0.25) is 4.98 Å². The molecule has 0 atom stereocenters. The van der Waals surface area contributed by atoms with Crippen LogP contribution in [0.25, 0.3) is 0 Å². The van der Waals surface area contributed by atoms with Crippen molar-refractivity contribution in [1.29, 1.82) is 0 Å². The van der Waals surface area contributed by atoms with Crippen molar-refractivity contribution in [2.75, 3.05) is 13.2 Å². The largest absolute Gasteiger partial charge is 0.474 e. The van der Waals surface area contributed by atoms with Crippen LogP contribution in [0.3, 0.4) is 0 Å². The highest BCUT2D eigenvalue weighted by Gasteiger charge is 2.09. The molecule has 16 heavy (non-hydrogen) atoms. The summed E-state index contributed by atoms with van der Waals surface area (Å²) in [6.07, 6.45) is 2.97. The number of rotatable bonds is 5. The summed E-state index contributed by atoms with van der Waals surface area (Å²) in [5, 5.41) is 8.77. The smallest absolute Gasteiger partial charge is 0.232 e. The van der Waals surface area contributed by atoms with Gasteiger partial charge in [0.15, 0.2) is 0 Å². The lowest BCUT2D eigenvalue weighted by atomic mass is 10.2. The van der Waals surface area contributed by atoms with Gasteiger partial charge in [0.05, 0.1) is 36.9 Å². The third-order valence-electron chi connectivity index (χ3n) is 1.71. The SMILES string of the molecule is CC(C)(C)OCCOc1cnc(CO)cn1. The number of hydrogen-bond donors (Lipinski definition) is 1. The monoisotopic (exact) mass is 226 g/mol. The lowest BCUT2D eigenvalue weighted by Gasteiger charge is -2.19. The van der Waals surface area contributed by atoms with Crippen LogP contribution in [0.15, 0.2) is 12.4 Å². The van der Waals surface area contributed by atoms with Gasteiger partial charge in [-0.15, -0.1) is 0 Å². The minimum atomic E-state index is -0.157. The third kappa shape index (κ3) is 5.04. The Morgan fingerprint density at radius 2 is 1.94 bits per heavy atom. The zero-order valence-electron chi connectivity index (χ0n) is 9.93. The van der Waals surface area contributed by atoms with Crippen LogP contribution in [0.4, 0.5) is 0 Å². The number of aliphatic hydroxyl groups excluding tert-OH is 1. The Hall–Kier alpha value is -1.20. The topological polar surface area (TPSA) is 64.5 Å². The summed E-state index contributed by atoms with van der Waals surface area (Å²) >= 11 is 0. The Labute approximate surface area is 95.4 Å². The highest BCUT2D eigenvalue weighted by atomic mass is 16.5. The van der Waals surface area contributed by atoms with E-state index < -0.39 is 0 Å². The van der Waals surface area contributed by atoms with Gasteiger partial charge in [0.1, 0.15) is 6.61 Å². The summed E-state index contributed by atoms with van der Waals surface area (Å²) in [7, 11) is 0. The van der Waals surface area contributed by atoms with Crippen LogP contribution >= 0.6 is 0 Å². The van der Waals surface area contributed by atoms with Crippen LogP contribution in [0.5, 0.6) is 5.88 Å². The first-order valence-corrected chi connectivity index (χ1v) is 5.20. The number of aromatic nitrogens is 2. The van der Waals surface area contributed by atoms with Crippen LogP contribution < -0.4 is 4.74 Å². The molecule has 0 aliphatic heterocycles. The molecular formula is C11H18N2O3. The van der Waals surface area contributed by atoms with Gasteiger partial charge in [0.2, 0.25) is 5.88 Å². The van der Waals surface area contributed by atoms with Crippen molar-refractivity contribution >= 4 is 0 Å². The molecule has 1 aromatic rings. The predicted octanol–water partition coefficient (Wildman–Crippen LogP) is 1.16. The van der Waals surface area contributed by atoms with E-state index in [-0.39, 0.29) is 12.2 Å². The van der Waals surface area contributed by atoms with E-state index in [1.807, 2.05) is 20.8 Å². The maximum atomic E-state index is 8.77. The Morgan fingerprint density at radius 3 is 2.44 bits per heavy atom. The minimum Gasteiger partial charge on any atom is -0.474 e. The van der Waals surface area contributed by atoms with Crippen molar-refractivity contribution in [2.45, 2.75) is 33.0 Å². The Morgan fingerprint density at radius 1 is 1.19 bits per heavy atom. The van der Waals surface area contributed by atoms with Crippen LogP contribution in [-0.2, 0) is 11.3 Å². The molecule has 0 saturated carbocycles. The molecule has 0 fully saturated rings. The van der Waals surface area contributed by atoms with Crippen molar-refractivity contribution in [3.63, 3.8) is 0 Å². The van der Waals surface area contributed by atoms with E-state index in [9.17, 15) is 0 Å². The molecule has 0 spiro atoms. The Kier molecular flexibility index (Phi) is 4.64. The lowest BCUT2D eigenvalue weighted by molar-refractivity contribution is -0.0168. The maximum absolute atomic E-state index is 8.77. The van der Waals surface area contributed by atoms with Gasteiger partial charge < -0.3 is 14.6 Å². The Bertz CT molecular complexity index is 306. The first-order chi connectivity index (χ1) is 7.51. The van der Waals surface area contributed by atoms with E-state index >= 15 is 0 Å². The molecule has 90 valence electrons. The van der Waals surface area contributed by atoms with Crippen molar-refractivity contribution in [3.8, 4) is 5.88 Å². The molecule has 0 saturated heterocycles. The van der Waals surface area contributed by atoms with Gasteiger partial charge in [0.25, 0.3) is 0 Å². The first kappa shape index (κ1) is 12.9. The molecule has 0 radical (unpaired) electrons. The highest BCUT2D eigenvalue weighted by Crippen LogP contribution is 2.07. The van der Waals surface area contributed by atoms with E-state index in [0.717, 1.165) is 0 Å². The van der Waals surface area contributed by atoms with Crippen LogP contribution in [0, 0.1) is 0 Å². The van der Waals surface area contributed by atoms with Gasteiger partial charge in [-0.2, -0.15) is 0 Å². The lowest BCUT2D eigenvalue weighted by Crippen LogP contribution is -2.22. The molecule has 0 unspecified atom stereocenters. The van der Waals surface area contributed by atoms with E-state index in [4.69, 9.17) is 14.6 Å². The van der Waals surface area contributed by atoms with E-state index in [1.54, 1.807) is 0 Å². The zero-order valence-corrected chi connectivity index (χ0v) is 9.93. The van der Waals surface area contributed by atoms with Crippen LogP contribution in [0.1, 0.15) is 26.5 Å². The number of hydrogen-bond acceptors (Lipinski definition) is 5. The average molecular weight is 226 g/mol. The number of nitrogens with zero attached hydrogens (tertiary/aromatic N) is 2. The van der Waals surface area contributed by atoms with Crippen molar-refractivity contribution in [3.05, 3.63) is 18.1 Å². The fourth-order valence-electron chi connectivity index (χ4n) is 0.993. The van der Waals surface area contributed by atoms with Crippen molar-refractivity contribution in [2.24, 2.45) is 0 Å². The van der Waals surface area contributed by atoms with Gasteiger partial charge in [-0.1, -0.05) is 0 Å². The molecule has 5 heteroatoms. The molecule has 0 aromatic carbocycles. The summed E-state index contributed by atoms with van der Waals surface area (Å²) in [4.78, 5) is 7.93. The first-order valence-electron chi connectivity index (χ1n) is 5.20. The molecule has 0 bridgehead atoms. The predicted molar refractivity (Wildman–Crippen MR) is 59.2 cm³/mol. The molecule has 0 aliphatic rings. The van der Waals surface area contributed by atoms with Crippen molar-refractivity contribution in [1.82, 2.24) is 9.97 Å². The average Bonchev–Trinajstić information content (AvgIpc) is 2.24. The number of ether oxygens (including phenoxy) is 2. The molecule has 1 heterocycles. The summed E-state index contributed by atoms with van der Waals surface area (Å²) in [6, 6.07) is 0. The maximum Gasteiger partial charge on any atom is 0.232 e.